The maximum atomic E-state index is 12.5. The average Bonchev–Trinajstić information content (AvgIpc) is 2.83. The van der Waals surface area contributed by atoms with Gasteiger partial charge in [-0.25, -0.2) is 0 Å². The summed E-state index contributed by atoms with van der Waals surface area (Å²) in [5.41, 5.74) is 2.36. The second kappa shape index (κ2) is 13.4. The summed E-state index contributed by atoms with van der Waals surface area (Å²) in [6.07, 6.45) is -2.53. The fourth-order valence-corrected chi connectivity index (χ4v) is 3.28. The van der Waals surface area contributed by atoms with E-state index in [4.69, 9.17) is 4.74 Å². The molecule has 0 saturated heterocycles. The summed E-state index contributed by atoms with van der Waals surface area (Å²) in [4.78, 5) is 13.4. The Morgan fingerprint density at radius 3 is 2.34 bits per heavy atom. The van der Waals surface area contributed by atoms with E-state index < -0.39 is 19.1 Å². The smallest absolute Gasteiger partial charge is 0.407 e. The number of carbonyl (C=O) groups excluding carboxylic acids is 1. The van der Waals surface area contributed by atoms with E-state index in [0.29, 0.717) is 22.3 Å². The van der Waals surface area contributed by atoms with Gasteiger partial charge < -0.3 is 24.6 Å². The molecule has 1 atom stereocenters. The second-order valence-electron chi connectivity index (χ2n) is 7.07. The molecule has 2 aromatic carbocycles. The number of hydrogen-bond donors (Lipinski definition) is 2. The van der Waals surface area contributed by atoms with E-state index in [1.807, 2.05) is 13.8 Å². The molecule has 0 radical (unpaired) electrons. The maximum absolute atomic E-state index is 12.5. The highest BCUT2D eigenvalue weighted by Gasteiger charge is 2.31. The lowest BCUT2D eigenvalue weighted by molar-refractivity contribution is -0.274. The summed E-state index contributed by atoms with van der Waals surface area (Å²) in [5.74, 6) is 2.03. The van der Waals surface area contributed by atoms with E-state index >= 15 is 0 Å². The molecule has 9 heteroatoms. The van der Waals surface area contributed by atoms with Crippen molar-refractivity contribution >= 4 is 5.91 Å². The molecule has 1 amide bonds. The molecule has 0 aliphatic heterocycles. The Balaban J connectivity index is 0.00000298. The van der Waals surface area contributed by atoms with Crippen molar-refractivity contribution in [2.75, 3.05) is 13.7 Å². The quantitative estimate of drug-likeness (QED) is 0.394. The summed E-state index contributed by atoms with van der Waals surface area (Å²) >= 11 is 0. The largest absolute Gasteiger partial charge is 0.573 e. The van der Waals surface area contributed by atoms with Gasteiger partial charge in [-0.1, -0.05) is 38.5 Å². The minimum absolute atomic E-state index is 0.0374. The number of alkyl halides is 3. The van der Waals surface area contributed by atoms with Gasteiger partial charge in [-0.2, -0.15) is 0 Å². The van der Waals surface area contributed by atoms with Crippen LogP contribution in [0.25, 0.3) is 11.1 Å². The molecule has 0 fully saturated rings. The van der Waals surface area contributed by atoms with Crippen LogP contribution in [0.3, 0.4) is 0 Å². The number of halogens is 3. The van der Waals surface area contributed by atoms with Crippen LogP contribution in [0.15, 0.2) is 43.0 Å². The summed E-state index contributed by atoms with van der Waals surface area (Å²) in [6, 6.07) is 6.94. The van der Waals surface area contributed by atoms with Gasteiger partial charge in [0.05, 0.1) is 6.61 Å². The van der Waals surface area contributed by atoms with Crippen molar-refractivity contribution in [2.45, 2.75) is 46.7 Å². The van der Waals surface area contributed by atoms with Gasteiger partial charge >= 0.3 is 6.36 Å². The monoisotopic (exact) mass is 493 g/mol. The van der Waals surface area contributed by atoms with Gasteiger partial charge in [-0.3, -0.25) is 4.79 Å². The van der Waals surface area contributed by atoms with E-state index in [1.54, 1.807) is 19.9 Å². The first-order valence-corrected chi connectivity index (χ1v) is 10.8. The Morgan fingerprint density at radius 2 is 1.86 bits per heavy atom. The Bertz CT molecular complexity index is 1070. The molecule has 6 nitrogen and oxygen atoms in total. The van der Waals surface area contributed by atoms with Gasteiger partial charge in [-0.05, 0) is 47.9 Å². The molecule has 2 N–H and O–H groups in total. The Labute approximate surface area is 203 Å². The van der Waals surface area contributed by atoms with E-state index in [1.165, 1.54) is 36.2 Å². The standard InChI is InChI=1S/C24H24F3NO5.C2H6/c1-5-11-32-23-15(3)19(16-7-9-18(10-8-16)33-24(25,26)27)12-17(22(23)20(30)14-29)13-28(4)21(31)6-2;1-2/h6-10,12,20,29-30H,2,13-14H2,1,3-4H3;1-2H3. The Hall–Kier alpha value is -3.48. The average molecular weight is 494 g/mol. The molecule has 2 rings (SSSR count). The SMILES string of the molecule is C=CC(=O)N(C)Cc1cc(-c2ccc(OC(F)(F)F)cc2)c(C)c(OC#CC)c1C(O)CO.CC. The zero-order valence-corrected chi connectivity index (χ0v) is 20.4. The van der Waals surface area contributed by atoms with Crippen LogP contribution in [-0.4, -0.2) is 41.0 Å². The molecule has 0 aliphatic rings. The summed E-state index contributed by atoms with van der Waals surface area (Å²) in [7, 11) is 1.54. The van der Waals surface area contributed by atoms with Gasteiger partial charge in [0.2, 0.25) is 5.91 Å². The van der Waals surface area contributed by atoms with Crippen LogP contribution in [-0.2, 0) is 11.3 Å². The number of benzene rings is 2. The van der Waals surface area contributed by atoms with Crippen LogP contribution >= 0.6 is 0 Å². The van der Waals surface area contributed by atoms with Crippen molar-refractivity contribution < 1.29 is 37.7 Å². The highest BCUT2D eigenvalue weighted by atomic mass is 19.4. The minimum atomic E-state index is -4.81. The molecule has 0 heterocycles. The predicted molar refractivity (Wildman–Crippen MR) is 127 cm³/mol. The molecule has 0 bridgehead atoms. The number of aliphatic hydroxyl groups is 2. The second-order valence-corrected chi connectivity index (χ2v) is 7.07. The molecule has 35 heavy (non-hydrogen) atoms. The molecule has 0 saturated carbocycles. The zero-order chi connectivity index (χ0) is 26.8. The molecule has 2 aromatic rings. The number of hydrogen-bond acceptors (Lipinski definition) is 5. The number of amides is 1. The van der Waals surface area contributed by atoms with Crippen molar-refractivity contribution in [1.29, 1.82) is 0 Å². The summed E-state index contributed by atoms with van der Waals surface area (Å²) in [6.45, 7) is 10.1. The predicted octanol–water partition coefficient (Wildman–Crippen LogP) is 5.12. The lowest BCUT2D eigenvalue weighted by Crippen LogP contribution is -2.25. The normalized spacial score (nSPS) is 11.3. The lowest BCUT2D eigenvalue weighted by atomic mass is 9.90. The molecular weight excluding hydrogens is 463 g/mol. The van der Waals surface area contributed by atoms with Gasteiger partial charge in [0.15, 0.2) is 0 Å². The number of rotatable bonds is 8. The number of nitrogens with zero attached hydrogens (tertiary/aromatic N) is 1. The summed E-state index contributed by atoms with van der Waals surface area (Å²) in [5, 5.41) is 20.1. The van der Waals surface area contributed by atoms with Gasteiger partial charge in [0, 0.05) is 31.6 Å². The van der Waals surface area contributed by atoms with Gasteiger partial charge in [-0.15, -0.1) is 13.2 Å². The number of ether oxygens (including phenoxy) is 2. The van der Waals surface area contributed by atoms with Crippen molar-refractivity contribution in [3.05, 3.63) is 59.7 Å². The number of aliphatic hydroxyl groups excluding tert-OH is 2. The van der Waals surface area contributed by atoms with Crippen LogP contribution < -0.4 is 9.47 Å². The molecule has 0 aromatic heterocycles. The van der Waals surface area contributed by atoms with Crippen molar-refractivity contribution in [3.63, 3.8) is 0 Å². The van der Waals surface area contributed by atoms with E-state index in [-0.39, 0.29) is 29.5 Å². The third-order valence-corrected chi connectivity index (χ3v) is 4.77. The first kappa shape index (κ1) is 29.6. The first-order chi connectivity index (χ1) is 16.5. The minimum Gasteiger partial charge on any atom is -0.407 e. The molecule has 0 spiro atoms. The van der Waals surface area contributed by atoms with Gasteiger partial charge in [0.25, 0.3) is 0 Å². The van der Waals surface area contributed by atoms with Crippen LogP contribution in [0.1, 0.15) is 43.6 Å². The maximum Gasteiger partial charge on any atom is 0.573 e. The fourth-order valence-electron chi connectivity index (χ4n) is 3.28. The van der Waals surface area contributed by atoms with Gasteiger partial charge in [0.1, 0.15) is 23.7 Å². The van der Waals surface area contributed by atoms with Crippen LogP contribution in [0.5, 0.6) is 11.5 Å². The van der Waals surface area contributed by atoms with Crippen LogP contribution in [0, 0.1) is 19.0 Å². The molecule has 1 unspecified atom stereocenters. The zero-order valence-electron chi connectivity index (χ0n) is 20.4. The van der Waals surface area contributed by atoms with Crippen molar-refractivity contribution in [3.8, 4) is 34.7 Å². The fraction of sp³-hybridized carbons (Fsp3) is 0.346. The number of carbonyl (C=O) groups is 1. The van der Waals surface area contributed by atoms with Crippen LogP contribution in [0.4, 0.5) is 13.2 Å². The van der Waals surface area contributed by atoms with Crippen molar-refractivity contribution in [1.82, 2.24) is 4.90 Å². The lowest BCUT2D eigenvalue weighted by Gasteiger charge is -2.24. The third kappa shape index (κ3) is 8.05. The third-order valence-electron chi connectivity index (χ3n) is 4.77. The molecule has 190 valence electrons. The first-order valence-electron chi connectivity index (χ1n) is 10.8. The highest BCUT2D eigenvalue weighted by Crippen LogP contribution is 2.40. The van der Waals surface area contributed by atoms with E-state index in [2.05, 4.69) is 23.3 Å². The highest BCUT2D eigenvalue weighted by molar-refractivity contribution is 5.86. The topological polar surface area (TPSA) is 79.2 Å². The van der Waals surface area contributed by atoms with Crippen LogP contribution in [0.2, 0.25) is 0 Å². The van der Waals surface area contributed by atoms with E-state index in [0.717, 1.165) is 6.08 Å². The molecule has 0 aliphatic carbocycles. The Kier molecular flexibility index (Phi) is 11.3. The number of likely N-dealkylation sites (N-methyl/N-ethyl adjacent to an activating group) is 1. The molecular formula is C26H30F3NO5. The van der Waals surface area contributed by atoms with Crippen molar-refractivity contribution in [2.24, 2.45) is 0 Å². The van der Waals surface area contributed by atoms with E-state index in [9.17, 15) is 28.2 Å². The Morgan fingerprint density at radius 1 is 1.26 bits per heavy atom. The summed E-state index contributed by atoms with van der Waals surface area (Å²) < 4.78 is 47.0.